The van der Waals surface area contributed by atoms with Crippen molar-refractivity contribution in [2.75, 3.05) is 37.6 Å². The van der Waals surface area contributed by atoms with Crippen LogP contribution in [0, 0.1) is 0 Å². The summed E-state index contributed by atoms with van der Waals surface area (Å²) in [5.41, 5.74) is 2.09. The van der Waals surface area contributed by atoms with E-state index in [1.807, 2.05) is 4.90 Å². The van der Waals surface area contributed by atoms with Crippen molar-refractivity contribution in [1.29, 1.82) is 0 Å². The Balaban J connectivity index is 1.76. The molecule has 2 amide bonds. The minimum Gasteiger partial charge on any atom is -0.364 e. The normalized spacial score (nSPS) is 18.2. The third kappa shape index (κ3) is 3.78. The third-order valence-electron chi connectivity index (χ3n) is 5.41. The van der Waals surface area contributed by atoms with E-state index in [1.165, 1.54) is 4.90 Å². The van der Waals surface area contributed by atoms with Gasteiger partial charge in [0.15, 0.2) is 0 Å². The Bertz CT molecular complexity index is 963. The number of benzene rings is 2. The van der Waals surface area contributed by atoms with E-state index in [1.54, 1.807) is 48.5 Å². The second-order valence-electron chi connectivity index (χ2n) is 7.07. The van der Waals surface area contributed by atoms with Gasteiger partial charge in [-0.05, 0) is 48.5 Å². The first-order valence-corrected chi connectivity index (χ1v) is 10.4. The number of nitrogens with zero attached hydrogens (tertiary/aromatic N) is 3. The number of hydrogen-bond acceptors (Lipinski definition) is 4. The van der Waals surface area contributed by atoms with Gasteiger partial charge in [-0.25, -0.2) is 4.90 Å². The van der Waals surface area contributed by atoms with Crippen LogP contribution in [0.3, 0.4) is 0 Å². The fraction of sp³-hybridized carbons (Fsp3) is 0.273. The van der Waals surface area contributed by atoms with E-state index in [2.05, 4.69) is 11.8 Å². The predicted octanol–water partition coefficient (Wildman–Crippen LogP) is 3.92. The number of rotatable bonds is 4. The predicted molar refractivity (Wildman–Crippen MR) is 116 cm³/mol. The van der Waals surface area contributed by atoms with E-state index >= 15 is 0 Å². The summed E-state index contributed by atoms with van der Waals surface area (Å²) in [6.07, 6.45) is 0. The maximum atomic E-state index is 13.4. The lowest BCUT2D eigenvalue weighted by Gasteiger charge is -2.36. The molecular formula is C22H21Cl2N3O2. The average Bonchev–Trinajstić information content (AvgIpc) is 3.00. The smallest absolute Gasteiger partial charge is 0.282 e. The quantitative estimate of drug-likeness (QED) is 0.690. The van der Waals surface area contributed by atoms with E-state index in [-0.39, 0.29) is 11.8 Å². The Morgan fingerprint density at radius 3 is 1.90 bits per heavy atom. The van der Waals surface area contributed by atoms with Crippen molar-refractivity contribution >= 4 is 46.3 Å². The van der Waals surface area contributed by atoms with Crippen molar-refractivity contribution in [3.05, 3.63) is 69.8 Å². The lowest BCUT2D eigenvalue weighted by atomic mass is 10.0. The van der Waals surface area contributed by atoms with Gasteiger partial charge < -0.3 is 9.80 Å². The van der Waals surface area contributed by atoms with Gasteiger partial charge in [0.1, 0.15) is 5.70 Å². The second-order valence-corrected chi connectivity index (χ2v) is 7.95. The van der Waals surface area contributed by atoms with Gasteiger partial charge in [-0.3, -0.25) is 9.59 Å². The number of piperazine rings is 1. The van der Waals surface area contributed by atoms with E-state index in [4.69, 9.17) is 23.2 Å². The number of hydrogen-bond donors (Lipinski definition) is 0. The zero-order chi connectivity index (χ0) is 20.5. The molecule has 5 nitrogen and oxygen atoms in total. The summed E-state index contributed by atoms with van der Waals surface area (Å²) in [5.74, 6) is -0.625. The summed E-state index contributed by atoms with van der Waals surface area (Å²) in [6.45, 7) is 6.22. The Labute approximate surface area is 180 Å². The monoisotopic (exact) mass is 429 g/mol. The zero-order valence-corrected chi connectivity index (χ0v) is 17.6. The SMILES string of the molecule is CCN1CCN(C2=C(c3ccc(Cl)cc3)C(=O)N(c3ccc(Cl)cc3)C2=O)CC1. The maximum absolute atomic E-state index is 13.4. The summed E-state index contributed by atoms with van der Waals surface area (Å²) in [6, 6.07) is 13.8. The van der Waals surface area contributed by atoms with Crippen molar-refractivity contribution in [3.63, 3.8) is 0 Å². The molecule has 1 saturated heterocycles. The Hall–Kier alpha value is -2.34. The van der Waals surface area contributed by atoms with Crippen LogP contribution in [0.5, 0.6) is 0 Å². The molecule has 2 aliphatic heterocycles. The van der Waals surface area contributed by atoms with Crippen LogP contribution in [0.1, 0.15) is 12.5 Å². The van der Waals surface area contributed by atoms with E-state index in [9.17, 15) is 9.59 Å². The van der Waals surface area contributed by atoms with Crippen LogP contribution in [0.15, 0.2) is 54.2 Å². The van der Waals surface area contributed by atoms with Crippen molar-refractivity contribution in [1.82, 2.24) is 9.80 Å². The molecule has 1 fully saturated rings. The average molecular weight is 430 g/mol. The fourth-order valence-corrected chi connectivity index (χ4v) is 4.05. The molecule has 2 aliphatic rings. The molecule has 4 rings (SSSR count). The third-order valence-corrected chi connectivity index (χ3v) is 5.92. The van der Waals surface area contributed by atoms with Crippen molar-refractivity contribution < 1.29 is 9.59 Å². The highest BCUT2D eigenvalue weighted by molar-refractivity contribution is 6.45. The van der Waals surface area contributed by atoms with Gasteiger partial charge in [-0.15, -0.1) is 0 Å². The molecule has 0 atom stereocenters. The molecule has 0 N–H and O–H groups in total. The standard InChI is InChI=1S/C22H21Cl2N3O2/c1-2-25-11-13-26(14-12-25)20-19(15-3-5-16(23)6-4-15)21(28)27(22(20)29)18-9-7-17(24)8-10-18/h3-10H,2,11-14H2,1H3. The van der Waals surface area contributed by atoms with E-state index < -0.39 is 0 Å². The summed E-state index contributed by atoms with van der Waals surface area (Å²) >= 11 is 12.0. The number of likely N-dealkylation sites (N-methyl/N-ethyl adjacent to an activating group) is 1. The van der Waals surface area contributed by atoms with Crippen LogP contribution in [0.2, 0.25) is 10.0 Å². The fourth-order valence-electron chi connectivity index (χ4n) is 3.80. The molecule has 7 heteroatoms. The number of carbonyl (C=O) groups is 2. The minimum absolute atomic E-state index is 0.299. The first-order valence-electron chi connectivity index (χ1n) is 9.61. The number of amides is 2. The highest BCUT2D eigenvalue weighted by atomic mass is 35.5. The number of carbonyl (C=O) groups excluding carboxylic acids is 2. The largest absolute Gasteiger partial charge is 0.364 e. The molecule has 0 aliphatic carbocycles. The molecule has 0 unspecified atom stereocenters. The summed E-state index contributed by atoms with van der Waals surface area (Å²) in [5, 5.41) is 1.13. The molecule has 2 heterocycles. The summed E-state index contributed by atoms with van der Waals surface area (Å²) in [7, 11) is 0. The van der Waals surface area contributed by atoms with Crippen LogP contribution in [0.25, 0.3) is 5.57 Å². The molecule has 150 valence electrons. The molecule has 0 bridgehead atoms. The summed E-state index contributed by atoms with van der Waals surface area (Å²) in [4.78, 5) is 32.4. The van der Waals surface area contributed by atoms with Gasteiger partial charge in [0.25, 0.3) is 11.8 Å². The van der Waals surface area contributed by atoms with Gasteiger partial charge >= 0.3 is 0 Å². The van der Waals surface area contributed by atoms with Crippen LogP contribution >= 0.6 is 23.2 Å². The molecule has 29 heavy (non-hydrogen) atoms. The molecule has 2 aromatic rings. The van der Waals surface area contributed by atoms with Crippen LogP contribution in [0.4, 0.5) is 5.69 Å². The zero-order valence-electron chi connectivity index (χ0n) is 16.1. The highest BCUT2D eigenvalue weighted by Gasteiger charge is 2.42. The van der Waals surface area contributed by atoms with E-state index in [0.717, 1.165) is 19.6 Å². The Kier molecular flexibility index (Phi) is 5.63. The van der Waals surface area contributed by atoms with Crippen LogP contribution in [-0.4, -0.2) is 54.3 Å². The molecule has 0 radical (unpaired) electrons. The second kappa shape index (κ2) is 8.19. The van der Waals surface area contributed by atoms with Crippen LogP contribution < -0.4 is 4.90 Å². The van der Waals surface area contributed by atoms with Gasteiger partial charge in [0.05, 0.1) is 11.3 Å². The van der Waals surface area contributed by atoms with Crippen LogP contribution in [-0.2, 0) is 9.59 Å². The molecule has 0 spiro atoms. The topological polar surface area (TPSA) is 43.9 Å². The Morgan fingerprint density at radius 2 is 1.34 bits per heavy atom. The van der Waals surface area contributed by atoms with Crippen molar-refractivity contribution in [2.24, 2.45) is 0 Å². The Morgan fingerprint density at radius 1 is 0.793 bits per heavy atom. The molecule has 0 saturated carbocycles. The molecule has 0 aromatic heterocycles. The number of anilines is 1. The molecular weight excluding hydrogens is 409 g/mol. The number of imide groups is 1. The minimum atomic E-state index is -0.326. The first kappa shape index (κ1) is 20.0. The highest BCUT2D eigenvalue weighted by Crippen LogP contribution is 2.35. The van der Waals surface area contributed by atoms with Gasteiger partial charge in [-0.2, -0.15) is 0 Å². The lowest BCUT2D eigenvalue weighted by molar-refractivity contribution is -0.120. The summed E-state index contributed by atoms with van der Waals surface area (Å²) < 4.78 is 0. The van der Waals surface area contributed by atoms with Crippen molar-refractivity contribution in [3.8, 4) is 0 Å². The van der Waals surface area contributed by atoms with Crippen molar-refractivity contribution in [2.45, 2.75) is 6.92 Å². The van der Waals surface area contributed by atoms with Gasteiger partial charge in [0.2, 0.25) is 0 Å². The maximum Gasteiger partial charge on any atom is 0.282 e. The molecule has 2 aromatic carbocycles. The number of halogens is 2. The lowest BCUT2D eigenvalue weighted by Crippen LogP contribution is -2.47. The van der Waals surface area contributed by atoms with Gasteiger partial charge in [-0.1, -0.05) is 42.3 Å². The van der Waals surface area contributed by atoms with E-state index in [0.29, 0.717) is 45.7 Å². The van der Waals surface area contributed by atoms with Gasteiger partial charge in [0, 0.05) is 36.2 Å². The first-order chi connectivity index (χ1) is 14.0.